The second-order valence-corrected chi connectivity index (χ2v) is 6.82. The number of carbonyl (C=O) groups is 2. The minimum Gasteiger partial charge on any atom is -0.459 e. The predicted molar refractivity (Wildman–Crippen MR) is 72.6 cm³/mol. The highest BCUT2D eigenvalue weighted by Crippen LogP contribution is 2.25. The molecule has 4 heteroatoms. The average molecular weight is 270 g/mol. The van der Waals surface area contributed by atoms with Crippen molar-refractivity contribution in [3.63, 3.8) is 0 Å². The van der Waals surface area contributed by atoms with Gasteiger partial charge in [-0.2, -0.15) is 0 Å². The molecule has 0 radical (unpaired) electrons. The second kappa shape index (κ2) is 5.93. The number of rotatable bonds is 3. The topological polar surface area (TPSA) is 52.6 Å². The van der Waals surface area contributed by atoms with Crippen LogP contribution in [-0.4, -0.2) is 23.6 Å². The summed E-state index contributed by atoms with van der Waals surface area (Å²) in [6.45, 7) is 8.46. The summed E-state index contributed by atoms with van der Waals surface area (Å²) in [5.41, 5.74) is -1.84. The molecule has 0 aromatic heterocycles. The van der Waals surface area contributed by atoms with Gasteiger partial charge in [-0.1, -0.05) is 6.42 Å². The Bertz CT molecular complexity index is 333. The lowest BCUT2D eigenvalue weighted by atomic mass is 9.96. The summed E-state index contributed by atoms with van der Waals surface area (Å²) in [6, 6.07) is 0. The molecule has 1 rings (SSSR count). The van der Waals surface area contributed by atoms with Crippen LogP contribution in [0.25, 0.3) is 0 Å². The third-order valence-corrected chi connectivity index (χ3v) is 3.28. The smallest absolute Gasteiger partial charge is 0.350 e. The van der Waals surface area contributed by atoms with E-state index in [0.29, 0.717) is 0 Å². The molecule has 1 aliphatic rings. The zero-order chi connectivity index (χ0) is 14.7. The zero-order valence-electron chi connectivity index (χ0n) is 12.7. The van der Waals surface area contributed by atoms with Crippen LogP contribution in [0.4, 0.5) is 0 Å². The molecule has 19 heavy (non-hydrogen) atoms. The molecule has 0 aromatic carbocycles. The van der Waals surface area contributed by atoms with E-state index in [-0.39, 0.29) is 6.10 Å². The molecular formula is C15H26O4. The highest BCUT2D eigenvalue weighted by atomic mass is 16.6. The lowest BCUT2D eigenvalue weighted by Crippen LogP contribution is -2.43. The molecule has 0 spiro atoms. The van der Waals surface area contributed by atoms with E-state index in [1.54, 1.807) is 34.6 Å². The fourth-order valence-electron chi connectivity index (χ4n) is 1.90. The van der Waals surface area contributed by atoms with Crippen molar-refractivity contribution in [2.45, 2.75) is 78.4 Å². The van der Waals surface area contributed by atoms with Gasteiger partial charge in [0.15, 0.2) is 0 Å². The molecule has 0 aliphatic heterocycles. The van der Waals surface area contributed by atoms with Crippen LogP contribution in [-0.2, 0) is 19.1 Å². The van der Waals surface area contributed by atoms with E-state index in [1.807, 2.05) is 0 Å². The standard InChI is InChI=1S/C15H26O4/c1-14(2,3)12(16)19-15(4,5)13(17)18-11-9-7-6-8-10-11/h11H,6-10H2,1-5H3. The van der Waals surface area contributed by atoms with Gasteiger partial charge < -0.3 is 9.47 Å². The second-order valence-electron chi connectivity index (χ2n) is 6.82. The van der Waals surface area contributed by atoms with Gasteiger partial charge in [0, 0.05) is 0 Å². The largest absolute Gasteiger partial charge is 0.459 e. The van der Waals surface area contributed by atoms with Crippen LogP contribution in [0.2, 0.25) is 0 Å². The maximum absolute atomic E-state index is 12.1. The van der Waals surface area contributed by atoms with Gasteiger partial charge in [0.1, 0.15) is 6.10 Å². The average Bonchev–Trinajstić information content (AvgIpc) is 2.28. The summed E-state index contributed by atoms with van der Waals surface area (Å²) in [5, 5.41) is 0. The number of ether oxygens (including phenoxy) is 2. The van der Waals surface area contributed by atoms with Crippen LogP contribution < -0.4 is 0 Å². The Hall–Kier alpha value is -1.06. The maximum atomic E-state index is 12.1. The Morgan fingerprint density at radius 2 is 1.42 bits per heavy atom. The van der Waals surface area contributed by atoms with Crippen LogP contribution in [0.5, 0.6) is 0 Å². The van der Waals surface area contributed by atoms with Crippen molar-refractivity contribution in [1.29, 1.82) is 0 Å². The van der Waals surface area contributed by atoms with Gasteiger partial charge in [-0.05, 0) is 60.3 Å². The minimum atomic E-state index is -1.22. The predicted octanol–water partition coefficient (Wildman–Crippen LogP) is 3.23. The molecular weight excluding hydrogens is 244 g/mol. The lowest BCUT2D eigenvalue weighted by molar-refractivity contribution is -0.187. The fourth-order valence-corrected chi connectivity index (χ4v) is 1.90. The van der Waals surface area contributed by atoms with Crippen LogP contribution in [0, 0.1) is 5.41 Å². The van der Waals surface area contributed by atoms with Crippen molar-refractivity contribution in [2.75, 3.05) is 0 Å². The van der Waals surface area contributed by atoms with Crippen molar-refractivity contribution in [3.8, 4) is 0 Å². The van der Waals surface area contributed by atoms with Gasteiger partial charge in [0.05, 0.1) is 5.41 Å². The number of carbonyl (C=O) groups excluding carboxylic acids is 2. The third kappa shape index (κ3) is 4.84. The van der Waals surface area contributed by atoms with Crippen molar-refractivity contribution < 1.29 is 19.1 Å². The number of hydrogen-bond donors (Lipinski definition) is 0. The van der Waals surface area contributed by atoms with Crippen molar-refractivity contribution >= 4 is 11.9 Å². The summed E-state index contributed by atoms with van der Waals surface area (Å²) in [5.74, 6) is -0.838. The molecule has 1 aliphatic carbocycles. The summed E-state index contributed by atoms with van der Waals surface area (Å²) >= 11 is 0. The third-order valence-electron chi connectivity index (χ3n) is 3.28. The lowest BCUT2D eigenvalue weighted by Gasteiger charge is -2.30. The first kappa shape index (κ1) is 16.0. The Morgan fingerprint density at radius 3 is 1.89 bits per heavy atom. The van der Waals surface area contributed by atoms with E-state index in [9.17, 15) is 9.59 Å². The molecule has 0 heterocycles. The van der Waals surface area contributed by atoms with Crippen LogP contribution in [0.15, 0.2) is 0 Å². The number of esters is 2. The molecule has 1 fully saturated rings. The summed E-state index contributed by atoms with van der Waals surface area (Å²) < 4.78 is 10.7. The quantitative estimate of drug-likeness (QED) is 0.739. The highest BCUT2D eigenvalue weighted by molar-refractivity contribution is 5.84. The van der Waals surface area contributed by atoms with Gasteiger partial charge in [-0.15, -0.1) is 0 Å². The molecule has 0 atom stereocenters. The van der Waals surface area contributed by atoms with Crippen molar-refractivity contribution in [2.24, 2.45) is 5.41 Å². The van der Waals surface area contributed by atoms with Crippen LogP contribution >= 0.6 is 0 Å². The van der Waals surface area contributed by atoms with E-state index in [0.717, 1.165) is 25.7 Å². The zero-order valence-corrected chi connectivity index (χ0v) is 12.7. The molecule has 0 amide bonds. The van der Waals surface area contributed by atoms with Gasteiger partial charge in [-0.3, -0.25) is 4.79 Å². The molecule has 4 nitrogen and oxygen atoms in total. The Labute approximate surface area is 115 Å². The first-order valence-electron chi connectivity index (χ1n) is 7.07. The molecule has 0 aromatic rings. The van der Waals surface area contributed by atoms with Gasteiger partial charge in [0.25, 0.3) is 0 Å². The molecule has 0 saturated heterocycles. The number of hydrogen-bond acceptors (Lipinski definition) is 4. The first-order valence-corrected chi connectivity index (χ1v) is 7.07. The van der Waals surface area contributed by atoms with Crippen LogP contribution in [0.1, 0.15) is 66.7 Å². The van der Waals surface area contributed by atoms with Crippen molar-refractivity contribution in [3.05, 3.63) is 0 Å². The molecule has 0 N–H and O–H groups in total. The fraction of sp³-hybridized carbons (Fsp3) is 0.867. The normalized spacial score (nSPS) is 17.9. The minimum absolute atomic E-state index is 0.0196. The van der Waals surface area contributed by atoms with E-state index in [2.05, 4.69) is 0 Å². The Morgan fingerprint density at radius 1 is 0.895 bits per heavy atom. The van der Waals surface area contributed by atoms with Crippen LogP contribution in [0.3, 0.4) is 0 Å². The van der Waals surface area contributed by atoms with E-state index < -0.39 is 23.0 Å². The molecule has 1 saturated carbocycles. The van der Waals surface area contributed by atoms with E-state index in [4.69, 9.17) is 9.47 Å². The van der Waals surface area contributed by atoms with Gasteiger partial charge in [-0.25, -0.2) is 4.79 Å². The molecule has 0 unspecified atom stereocenters. The Kier molecular flexibility index (Phi) is 4.99. The summed E-state index contributed by atoms with van der Waals surface area (Å²) in [4.78, 5) is 23.9. The SMILES string of the molecule is CC(C)(C)C(=O)OC(C)(C)C(=O)OC1CCCCC1. The Balaban J connectivity index is 2.55. The molecule has 110 valence electrons. The van der Waals surface area contributed by atoms with E-state index in [1.165, 1.54) is 6.42 Å². The summed E-state index contributed by atoms with van der Waals surface area (Å²) in [6.07, 6.45) is 5.20. The first-order chi connectivity index (χ1) is 8.63. The molecule has 0 bridgehead atoms. The maximum Gasteiger partial charge on any atom is 0.350 e. The highest BCUT2D eigenvalue weighted by Gasteiger charge is 2.38. The van der Waals surface area contributed by atoms with Gasteiger partial charge in [0.2, 0.25) is 5.60 Å². The monoisotopic (exact) mass is 270 g/mol. The van der Waals surface area contributed by atoms with Gasteiger partial charge >= 0.3 is 11.9 Å². The van der Waals surface area contributed by atoms with Crippen molar-refractivity contribution in [1.82, 2.24) is 0 Å². The summed E-state index contributed by atoms with van der Waals surface area (Å²) in [7, 11) is 0. The van der Waals surface area contributed by atoms with E-state index >= 15 is 0 Å².